The molecule has 0 aromatic carbocycles. The van der Waals surface area contributed by atoms with Crippen LogP contribution < -0.4 is 10.1 Å². The van der Waals surface area contributed by atoms with Crippen LogP contribution in [-0.4, -0.2) is 74.9 Å². The molecule has 2 aromatic heterocycles. The number of carbonyl (C=O) groups excluding carboxylic acids is 1. The average molecular weight is 513 g/mol. The summed E-state index contributed by atoms with van der Waals surface area (Å²) in [5.74, 6) is -0.153. The Labute approximate surface area is 207 Å². The van der Waals surface area contributed by atoms with E-state index in [2.05, 4.69) is 25.4 Å². The highest BCUT2D eigenvalue weighted by Gasteiger charge is 2.36. The van der Waals surface area contributed by atoms with Gasteiger partial charge in [0.1, 0.15) is 5.67 Å². The summed E-state index contributed by atoms with van der Waals surface area (Å²) in [7, 11) is 1.69. The molecule has 1 N–H and O–H groups in total. The third-order valence-electron chi connectivity index (χ3n) is 6.90. The van der Waals surface area contributed by atoms with Crippen LogP contribution in [-0.2, 0) is 31.1 Å². The molecule has 0 saturated heterocycles. The van der Waals surface area contributed by atoms with E-state index in [1.807, 2.05) is 0 Å². The first-order chi connectivity index (χ1) is 17.1. The number of aryl methyl sites for hydroxylation is 1. The maximum absolute atomic E-state index is 15.5. The van der Waals surface area contributed by atoms with Gasteiger partial charge in [0.15, 0.2) is 6.61 Å². The van der Waals surface area contributed by atoms with Gasteiger partial charge in [0.05, 0.1) is 18.3 Å². The maximum atomic E-state index is 15.5. The van der Waals surface area contributed by atoms with Gasteiger partial charge < -0.3 is 15.0 Å². The highest BCUT2D eigenvalue weighted by molar-refractivity contribution is 5.78. The first kappa shape index (κ1) is 26.3. The van der Waals surface area contributed by atoms with Crippen molar-refractivity contribution < 1.29 is 27.1 Å². The minimum atomic E-state index is -4.41. The predicted molar refractivity (Wildman–Crippen MR) is 123 cm³/mol. The van der Waals surface area contributed by atoms with Crippen LogP contribution in [0.15, 0.2) is 18.3 Å². The van der Waals surface area contributed by atoms with Gasteiger partial charge >= 0.3 is 6.18 Å². The summed E-state index contributed by atoms with van der Waals surface area (Å²) >= 11 is 0. The van der Waals surface area contributed by atoms with Gasteiger partial charge in [-0.05, 0) is 44.1 Å². The fourth-order valence-corrected chi connectivity index (χ4v) is 4.87. The Morgan fingerprint density at radius 3 is 2.67 bits per heavy atom. The molecule has 0 radical (unpaired) electrons. The molecule has 0 spiro atoms. The van der Waals surface area contributed by atoms with E-state index in [4.69, 9.17) is 4.74 Å². The van der Waals surface area contributed by atoms with E-state index in [0.717, 1.165) is 17.8 Å². The van der Waals surface area contributed by atoms with Crippen molar-refractivity contribution in [3.05, 3.63) is 35.3 Å². The van der Waals surface area contributed by atoms with E-state index in [9.17, 15) is 18.0 Å². The van der Waals surface area contributed by atoms with Gasteiger partial charge in [-0.15, -0.1) is 0 Å². The average Bonchev–Trinajstić information content (AvgIpc) is 3.11. The molecule has 1 aliphatic heterocycles. The predicted octanol–water partition coefficient (Wildman–Crippen LogP) is 2.95. The number of halogens is 4. The number of rotatable bonds is 8. The molecule has 0 unspecified atom stereocenters. The Hall–Kier alpha value is -2.76. The summed E-state index contributed by atoms with van der Waals surface area (Å²) in [6.45, 7) is 0.649. The number of hydrogen-bond donors (Lipinski definition) is 1. The molecule has 198 valence electrons. The number of aromatic nitrogens is 4. The quantitative estimate of drug-likeness (QED) is 0.548. The zero-order chi connectivity index (χ0) is 25.8. The minimum absolute atomic E-state index is 0.0252. The van der Waals surface area contributed by atoms with Crippen LogP contribution in [0.4, 0.5) is 17.6 Å². The van der Waals surface area contributed by atoms with Crippen LogP contribution in [0, 0.1) is 0 Å². The van der Waals surface area contributed by atoms with Gasteiger partial charge in [-0.2, -0.15) is 28.2 Å². The van der Waals surface area contributed by atoms with Gasteiger partial charge in [0.2, 0.25) is 11.8 Å². The maximum Gasteiger partial charge on any atom is 0.422 e. The summed E-state index contributed by atoms with van der Waals surface area (Å²) in [5, 5.41) is 11.1. The fraction of sp³-hybridized carbons (Fsp3) is 0.667. The van der Waals surface area contributed by atoms with Crippen molar-refractivity contribution in [2.24, 2.45) is 7.05 Å². The number of hydrogen-bond acceptors (Lipinski definition) is 6. The van der Waals surface area contributed by atoms with Gasteiger partial charge in [-0.1, -0.05) is 6.07 Å². The molecule has 12 heteroatoms. The van der Waals surface area contributed by atoms with Crippen molar-refractivity contribution in [2.45, 2.75) is 69.3 Å². The highest BCUT2D eigenvalue weighted by Crippen LogP contribution is 2.35. The van der Waals surface area contributed by atoms with Crippen LogP contribution in [0.25, 0.3) is 0 Å². The lowest BCUT2D eigenvalue weighted by Gasteiger charge is -2.35. The monoisotopic (exact) mass is 512 g/mol. The van der Waals surface area contributed by atoms with E-state index >= 15 is 4.39 Å². The smallest absolute Gasteiger partial charge is 0.422 e. The van der Waals surface area contributed by atoms with E-state index in [-0.39, 0.29) is 24.2 Å². The minimum Gasteiger partial charge on any atom is -0.468 e. The second-order valence-electron chi connectivity index (χ2n) is 9.75. The van der Waals surface area contributed by atoms with Crippen LogP contribution in [0.1, 0.15) is 49.1 Å². The summed E-state index contributed by atoms with van der Waals surface area (Å²) in [6.07, 6.45) is 1.01. The van der Waals surface area contributed by atoms with Gasteiger partial charge in [0.25, 0.3) is 0 Å². The van der Waals surface area contributed by atoms with Crippen molar-refractivity contribution in [3.8, 4) is 5.88 Å². The number of carbonyl (C=O) groups is 1. The van der Waals surface area contributed by atoms with Crippen molar-refractivity contribution in [3.63, 3.8) is 0 Å². The van der Waals surface area contributed by atoms with Gasteiger partial charge in [-0.3, -0.25) is 4.79 Å². The molecule has 0 bridgehead atoms. The Bertz CT molecular complexity index is 1040. The van der Waals surface area contributed by atoms with Crippen molar-refractivity contribution in [1.82, 2.24) is 30.2 Å². The van der Waals surface area contributed by atoms with Gasteiger partial charge in [0, 0.05) is 50.9 Å². The van der Waals surface area contributed by atoms with E-state index in [0.29, 0.717) is 63.7 Å². The Morgan fingerprint density at radius 1 is 1.22 bits per heavy atom. The Morgan fingerprint density at radius 2 is 1.97 bits per heavy atom. The first-order valence-corrected chi connectivity index (χ1v) is 12.3. The molecular formula is C24H32F4N6O2. The Balaban J connectivity index is 1.19. The summed E-state index contributed by atoms with van der Waals surface area (Å²) < 4.78 is 57.5. The third-order valence-corrected chi connectivity index (χ3v) is 6.90. The lowest BCUT2D eigenvalue weighted by molar-refractivity contribution is -0.154. The molecule has 1 amide bonds. The number of alkyl halides is 4. The first-order valence-electron chi connectivity index (χ1n) is 12.3. The van der Waals surface area contributed by atoms with E-state index in [1.54, 1.807) is 19.3 Å². The van der Waals surface area contributed by atoms with Crippen LogP contribution in [0.3, 0.4) is 0 Å². The number of pyridine rings is 1. The molecule has 1 aliphatic carbocycles. The molecular weight excluding hydrogens is 480 g/mol. The molecule has 2 aliphatic rings. The zero-order valence-corrected chi connectivity index (χ0v) is 20.4. The molecule has 2 aromatic rings. The van der Waals surface area contributed by atoms with Crippen molar-refractivity contribution >= 4 is 5.91 Å². The molecule has 36 heavy (non-hydrogen) atoms. The molecule has 0 atom stereocenters. The summed E-state index contributed by atoms with van der Waals surface area (Å²) in [6, 6.07) is 3.21. The van der Waals surface area contributed by atoms with Crippen LogP contribution >= 0.6 is 0 Å². The summed E-state index contributed by atoms with van der Waals surface area (Å²) in [5.41, 5.74) is 1.07. The zero-order valence-electron chi connectivity index (χ0n) is 20.4. The van der Waals surface area contributed by atoms with Crippen LogP contribution in [0.2, 0.25) is 0 Å². The standard InChI is InChI=1S/C24H32F4N6O2/c1-33-29-15-19(32-33)14-21(35)30-18-4-8-23(25,9-5-18)10-13-34-11-6-17-2-3-22(31-20(17)7-12-34)36-16-24(26,27)28/h2-3,15,18H,4-14,16H2,1H3,(H,30,35)/t18-,23+. The normalized spacial score (nSPS) is 23.1. The molecule has 1 saturated carbocycles. The number of amides is 1. The number of nitrogens with one attached hydrogen (secondary N) is 1. The van der Waals surface area contributed by atoms with Crippen molar-refractivity contribution in [2.75, 3.05) is 26.2 Å². The van der Waals surface area contributed by atoms with Gasteiger partial charge in [-0.25, -0.2) is 9.37 Å². The largest absolute Gasteiger partial charge is 0.468 e. The highest BCUT2D eigenvalue weighted by atomic mass is 19.4. The van der Waals surface area contributed by atoms with E-state index in [1.165, 1.54) is 10.9 Å². The number of nitrogens with zero attached hydrogens (tertiary/aromatic N) is 5. The second kappa shape index (κ2) is 11.1. The van der Waals surface area contributed by atoms with Crippen molar-refractivity contribution in [1.29, 1.82) is 0 Å². The Kier molecular flexibility index (Phi) is 8.11. The van der Waals surface area contributed by atoms with E-state index < -0.39 is 18.5 Å². The third kappa shape index (κ3) is 7.62. The fourth-order valence-electron chi connectivity index (χ4n) is 4.87. The summed E-state index contributed by atoms with van der Waals surface area (Å²) in [4.78, 5) is 20.1. The molecule has 4 rings (SSSR count). The molecule has 8 nitrogen and oxygen atoms in total. The number of fused-ring (bicyclic) bond motifs is 1. The number of ether oxygens (including phenoxy) is 1. The lowest BCUT2D eigenvalue weighted by atomic mass is 9.81. The molecule has 3 heterocycles. The second-order valence-corrected chi connectivity index (χ2v) is 9.75. The topological polar surface area (TPSA) is 85.2 Å². The van der Waals surface area contributed by atoms with Crippen LogP contribution in [0.5, 0.6) is 5.88 Å². The molecule has 1 fully saturated rings. The SMILES string of the molecule is Cn1ncc(CC(=O)N[C@H]2CC[C@](F)(CCN3CCc4ccc(OCC(F)(F)F)nc4CC3)CC2)n1. The lowest BCUT2D eigenvalue weighted by Crippen LogP contribution is -2.43.